The summed E-state index contributed by atoms with van der Waals surface area (Å²) in [5.74, 6) is 1.54. The van der Waals surface area contributed by atoms with Crippen molar-refractivity contribution in [2.24, 2.45) is 0 Å². The fourth-order valence-electron chi connectivity index (χ4n) is 3.00. The van der Waals surface area contributed by atoms with E-state index < -0.39 is 4.92 Å². The number of piperazine rings is 1. The van der Waals surface area contributed by atoms with Gasteiger partial charge in [0.05, 0.1) is 16.7 Å². The van der Waals surface area contributed by atoms with Crippen LogP contribution in [0.1, 0.15) is 0 Å². The van der Waals surface area contributed by atoms with Gasteiger partial charge in [-0.05, 0) is 24.3 Å². The summed E-state index contributed by atoms with van der Waals surface area (Å²) < 4.78 is 5.54. The molecule has 7 nitrogen and oxygen atoms in total. The molecule has 7 heteroatoms. The Morgan fingerprint density at radius 3 is 2.75 bits per heavy atom. The van der Waals surface area contributed by atoms with E-state index in [4.69, 9.17) is 9.40 Å². The van der Waals surface area contributed by atoms with E-state index in [1.807, 2.05) is 18.2 Å². The fraction of sp³-hybridized carbons (Fsp3) is 0.235. The molecule has 0 spiro atoms. The first-order valence-corrected chi connectivity index (χ1v) is 7.81. The number of non-ortho nitro benzene ring substituents is 1. The largest absolute Gasteiger partial charge is 0.464 e. The number of fused-ring (bicyclic) bond motifs is 1. The predicted octanol–water partition coefficient (Wildman–Crippen LogP) is 2.81. The Labute approximate surface area is 138 Å². The Kier molecular flexibility index (Phi) is 3.62. The molecule has 0 bridgehead atoms. The highest BCUT2D eigenvalue weighted by atomic mass is 16.6. The highest BCUT2D eigenvalue weighted by Gasteiger charge is 2.18. The highest BCUT2D eigenvalue weighted by Crippen LogP contribution is 2.33. The number of aromatic nitrogens is 1. The first-order chi connectivity index (χ1) is 11.7. The quantitative estimate of drug-likeness (QED) is 0.589. The van der Waals surface area contributed by atoms with Gasteiger partial charge in [-0.3, -0.25) is 10.1 Å². The molecule has 2 aromatic heterocycles. The van der Waals surface area contributed by atoms with Crippen molar-refractivity contribution in [3.05, 3.63) is 52.8 Å². The molecule has 1 N–H and O–H groups in total. The van der Waals surface area contributed by atoms with Gasteiger partial charge in [-0.25, -0.2) is 4.98 Å². The molecule has 24 heavy (non-hydrogen) atoms. The molecule has 4 rings (SSSR count). The molecule has 0 unspecified atom stereocenters. The van der Waals surface area contributed by atoms with Crippen molar-refractivity contribution < 1.29 is 9.34 Å². The lowest BCUT2D eigenvalue weighted by atomic mass is 10.1. The molecule has 0 atom stereocenters. The molecule has 0 amide bonds. The van der Waals surface area contributed by atoms with Gasteiger partial charge >= 0.3 is 0 Å². The standard InChI is InChI=1S/C17H16N4O3/c22-21(23)12-3-4-15-13(10-12)14(16-2-1-9-24-16)11-17(19-15)20-7-5-18-6-8-20/h1-4,9-11,18H,5-8H2. The molecule has 1 aromatic carbocycles. The number of nitro benzene ring substituents is 1. The smallest absolute Gasteiger partial charge is 0.270 e. The minimum Gasteiger partial charge on any atom is -0.464 e. The summed E-state index contributed by atoms with van der Waals surface area (Å²) in [6.45, 7) is 3.58. The Balaban J connectivity index is 1.91. The lowest BCUT2D eigenvalue weighted by Crippen LogP contribution is -2.43. The molecule has 122 valence electrons. The molecule has 3 heterocycles. The highest BCUT2D eigenvalue weighted by molar-refractivity contribution is 5.96. The van der Waals surface area contributed by atoms with Crippen molar-refractivity contribution in [1.29, 1.82) is 0 Å². The SMILES string of the molecule is O=[N+]([O-])c1ccc2nc(N3CCNCC3)cc(-c3ccco3)c2c1. The maximum atomic E-state index is 11.1. The summed E-state index contributed by atoms with van der Waals surface area (Å²) in [5.41, 5.74) is 1.59. The Morgan fingerprint density at radius 2 is 2.04 bits per heavy atom. The first kappa shape index (κ1) is 14.6. The van der Waals surface area contributed by atoms with E-state index in [0.717, 1.165) is 48.5 Å². The summed E-state index contributed by atoms with van der Waals surface area (Å²) in [6, 6.07) is 10.4. The Hall–Kier alpha value is -2.93. The molecule has 0 saturated carbocycles. The number of hydrogen-bond donors (Lipinski definition) is 1. The van der Waals surface area contributed by atoms with E-state index in [0.29, 0.717) is 5.76 Å². The minimum absolute atomic E-state index is 0.0482. The van der Waals surface area contributed by atoms with E-state index in [1.54, 1.807) is 18.4 Å². The number of benzene rings is 1. The zero-order chi connectivity index (χ0) is 16.5. The van der Waals surface area contributed by atoms with Gasteiger partial charge in [-0.1, -0.05) is 0 Å². The number of nitro groups is 1. The average Bonchev–Trinajstić information content (AvgIpc) is 3.15. The van der Waals surface area contributed by atoms with Gasteiger partial charge in [-0.15, -0.1) is 0 Å². The van der Waals surface area contributed by atoms with Gasteiger partial charge < -0.3 is 14.6 Å². The van der Waals surface area contributed by atoms with E-state index in [1.165, 1.54) is 6.07 Å². The van der Waals surface area contributed by atoms with Gasteiger partial charge in [0.1, 0.15) is 11.6 Å². The van der Waals surface area contributed by atoms with E-state index >= 15 is 0 Å². The van der Waals surface area contributed by atoms with Crippen molar-refractivity contribution >= 4 is 22.4 Å². The van der Waals surface area contributed by atoms with Crippen LogP contribution in [-0.4, -0.2) is 36.1 Å². The molecular formula is C17H16N4O3. The van der Waals surface area contributed by atoms with Gasteiger partial charge in [0.2, 0.25) is 0 Å². The second kappa shape index (κ2) is 5.93. The van der Waals surface area contributed by atoms with Crippen LogP contribution in [0.4, 0.5) is 11.5 Å². The van der Waals surface area contributed by atoms with Crippen molar-refractivity contribution in [2.45, 2.75) is 0 Å². The van der Waals surface area contributed by atoms with Crippen molar-refractivity contribution in [3.63, 3.8) is 0 Å². The third kappa shape index (κ3) is 2.59. The topological polar surface area (TPSA) is 84.4 Å². The number of nitrogens with zero attached hydrogens (tertiary/aromatic N) is 3. The van der Waals surface area contributed by atoms with Gasteiger partial charge in [0.15, 0.2) is 0 Å². The van der Waals surface area contributed by atoms with Crippen LogP contribution in [0.2, 0.25) is 0 Å². The second-order valence-electron chi connectivity index (χ2n) is 5.70. The van der Waals surface area contributed by atoms with Gasteiger partial charge in [-0.2, -0.15) is 0 Å². The van der Waals surface area contributed by atoms with Crippen LogP contribution < -0.4 is 10.2 Å². The normalized spacial score (nSPS) is 14.9. The first-order valence-electron chi connectivity index (χ1n) is 7.81. The van der Waals surface area contributed by atoms with Crippen LogP contribution in [0.25, 0.3) is 22.2 Å². The number of hydrogen-bond acceptors (Lipinski definition) is 6. The van der Waals surface area contributed by atoms with Gasteiger partial charge in [0.25, 0.3) is 5.69 Å². The van der Waals surface area contributed by atoms with Crippen LogP contribution in [-0.2, 0) is 0 Å². The zero-order valence-electron chi connectivity index (χ0n) is 12.9. The molecule has 1 aliphatic rings. The average molecular weight is 324 g/mol. The number of nitrogens with one attached hydrogen (secondary N) is 1. The summed E-state index contributed by atoms with van der Waals surface area (Å²) in [5, 5.41) is 15.1. The van der Waals surface area contributed by atoms with Crippen LogP contribution in [0.3, 0.4) is 0 Å². The lowest BCUT2D eigenvalue weighted by Gasteiger charge is -2.29. The van der Waals surface area contributed by atoms with Crippen molar-refractivity contribution in [3.8, 4) is 11.3 Å². The van der Waals surface area contributed by atoms with Crippen molar-refractivity contribution in [2.75, 3.05) is 31.1 Å². The maximum absolute atomic E-state index is 11.1. The monoisotopic (exact) mass is 324 g/mol. The summed E-state index contributed by atoms with van der Waals surface area (Å²) in [6.07, 6.45) is 1.60. The molecule has 0 aliphatic carbocycles. The van der Waals surface area contributed by atoms with Crippen LogP contribution in [0, 0.1) is 10.1 Å². The lowest BCUT2D eigenvalue weighted by molar-refractivity contribution is -0.384. The van der Waals surface area contributed by atoms with E-state index in [2.05, 4.69) is 10.2 Å². The van der Waals surface area contributed by atoms with Gasteiger partial charge in [0, 0.05) is 49.3 Å². The fourth-order valence-corrected chi connectivity index (χ4v) is 3.00. The van der Waals surface area contributed by atoms with E-state index in [-0.39, 0.29) is 5.69 Å². The maximum Gasteiger partial charge on any atom is 0.270 e. The second-order valence-corrected chi connectivity index (χ2v) is 5.70. The predicted molar refractivity (Wildman–Crippen MR) is 91.2 cm³/mol. The Morgan fingerprint density at radius 1 is 1.21 bits per heavy atom. The summed E-state index contributed by atoms with van der Waals surface area (Å²) in [4.78, 5) is 17.6. The molecule has 0 radical (unpaired) electrons. The van der Waals surface area contributed by atoms with Crippen molar-refractivity contribution in [1.82, 2.24) is 10.3 Å². The van der Waals surface area contributed by atoms with E-state index in [9.17, 15) is 10.1 Å². The molecule has 1 saturated heterocycles. The summed E-state index contributed by atoms with van der Waals surface area (Å²) in [7, 11) is 0. The number of rotatable bonds is 3. The number of furan rings is 1. The third-order valence-electron chi connectivity index (χ3n) is 4.22. The number of anilines is 1. The summed E-state index contributed by atoms with van der Waals surface area (Å²) >= 11 is 0. The minimum atomic E-state index is -0.393. The molecule has 1 fully saturated rings. The number of pyridine rings is 1. The van der Waals surface area contributed by atoms with Crippen LogP contribution in [0.15, 0.2) is 47.1 Å². The molecule has 1 aliphatic heterocycles. The Bertz CT molecular complexity index is 886. The third-order valence-corrected chi connectivity index (χ3v) is 4.22. The molecular weight excluding hydrogens is 308 g/mol. The van der Waals surface area contributed by atoms with Crippen LogP contribution in [0.5, 0.6) is 0 Å². The van der Waals surface area contributed by atoms with Crippen LogP contribution >= 0.6 is 0 Å². The molecule has 3 aromatic rings. The zero-order valence-corrected chi connectivity index (χ0v) is 12.9.